The van der Waals surface area contributed by atoms with E-state index in [0.29, 0.717) is 54.2 Å². The van der Waals surface area contributed by atoms with Gasteiger partial charge in [-0.25, -0.2) is 9.55 Å². The molecular formula is C28H25N5O3. The molecule has 2 heterocycles. The summed E-state index contributed by atoms with van der Waals surface area (Å²) in [4.78, 5) is 9.82. The summed E-state index contributed by atoms with van der Waals surface area (Å²) in [5, 5.41) is 14.7. The fourth-order valence-corrected chi connectivity index (χ4v) is 4.14. The van der Waals surface area contributed by atoms with Gasteiger partial charge in [-0.1, -0.05) is 42.5 Å². The van der Waals surface area contributed by atoms with Crippen molar-refractivity contribution < 1.29 is 14.2 Å². The van der Waals surface area contributed by atoms with Crippen LogP contribution >= 0.6 is 0 Å². The summed E-state index contributed by atoms with van der Waals surface area (Å²) < 4.78 is 18.7. The normalized spacial score (nSPS) is 10.9. The third-order valence-corrected chi connectivity index (χ3v) is 5.87. The molecule has 5 rings (SSSR count). The minimum atomic E-state index is 0.392. The number of para-hydroxylation sites is 1. The fourth-order valence-electron chi connectivity index (χ4n) is 4.14. The molecule has 0 fully saturated rings. The third-order valence-electron chi connectivity index (χ3n) is 5.87. The Labute approximate surface area is 208 Å². The summed E-state index contributed by atoms with van der Waals surface area (Å²) >= 11 is 0. The van der Waals surface area contributed by atoms with Crippen molar-refractivity contribution in [3.8, 4) is 23.6 Å². The van der Waals surface area contributed by atoms with Gasteiger partial charge in [-0.15, -0.1) is 0 Å². The fraction of sp³-hybridized carbons (Fsp3) is 0.179. The summed E-state index contributed by atoms with van der Waals surface area (Å²) in [7, 11) is 3.23. The lowest BCUT2D eigenvalue weighted by atomic mass is 10.1. The SMILES string of the molecule is COCCOc1cccc2c(NCc3ccccc3)nc(-n3c(OC)cc4c(C#N)cccc43)nc12. The average molecular weight is 480 g/mol. The van der Waals surface area contributed by atoms with Gasteiger partial charge < -0.3 is 19.5 Å². The first kappa shape index (κ1) is 23.1. The summed E-state index contributed by atoms with van der Waals surface area (Å²) in [5.41, 5.74) is 3.11. The number of nitriles is 1. The van der Waals surface area contributed by atoms with E-state index < -0.39 is 0 Å². The number of nitrogens with zero attached hydrogens (tertiary/aromatic N) is 4. The highest BCUT2D eigenvalue weighted by atomic mass is 16.5. The summed E-state index contributed by atoms with van der Waals surface area (Å²) in [6.07, 6.45) is 0. The number of fused-ring (bicyclic) bond motifs is 2. The second-order valence-corrected chi connectivity index (χ2v) is 8.08. The zero-order chi connectivity index (χ0) is 24.9. The quantitative estimate of drug-likeness (QED) is 0.294. The van der Waals surface area contributed by atoms with E-state index in [1.54, 1.807) is 20.3 Å². The molecule has 8 heteroatoms. The molecule has 0 aliphatic carbocycles. The van der Waals surface area contributed by atoms with Crippen molar-refractivity contribution in [2.45, 2.75) is 6.54 Å². The van der Waals surface area contributed by atoms with Crippen LogP contribution in [-0.2, 0) is 11.3 Å². The standard InChI is InChI=1S/C28H25N5O3/c1-34-14-15-36-24-13-7-11-21-26(24)31-28(32-27(21)30-18-19-8-4-3-5-9-19)33-23-12-6-10-20(17-29)22(23)16-25(33)35-2/h3-13,16H,14-15,18H2,1-2H3,(H,30,31,32). The highest BCUT2D eigenvalue weighted by Crippen LogP contribution is 2.34. The van der Waals surface area contributed by atoms with Crippen LogP contribution in [-0.4, -0.2) is 42.0 Å². The number of methoxy groups -OCH3 is 2. The first-order valence-corrected chi connectivity index (χ1v) is 11.5. The summed E-state index contributed by atoms with van der Waals surface area (Å²) in [6.45, 7) is 1.44. The van der Waals surface area contributed by atoms with E-state index in [0.717, 1.165) is 21.9 Å². The minimum Gasteiger partial charge on any atom is -0.489 e. The van der Waals surface area contributed by atoms with Crippen LogP contribution in [0.3, 0.4) is 0 Å². The van der Waals surface area contributed by atoms with Gasteiger partial charge in [0, 0.05) is 30.5 Å². The van der Waals surface area contributed by atoms with Gasteiger partial charge in [0.2, 0.25) is 11.8 Å². The van der Waals surface area contributed by atoms with Gasteiger partial charge in [-0.3, -0.25) is 0 Å². The largest absolute Gasteiger partial charge is 0.489 e. The Morgan fingerprint density at radius 1 is 0.917 bits per heavy atom. The van der Waals surface area contributed by atoms with Gasteiger partial charge in [0.1, 0.15) is 23.7 Å². The number of hydrogen-bond donors (Lipinski definition) is 1. The number of rotatable bonds is 9. The maximum absolute atomic E-state index is 9.61. The van der Waals surface area contributed by atoms with Gasteiger partial charge in [-0.05, 0) is 29.8 Å². The molecule has 0 unspecified atom stereocenters. The second-order valence-electron chi connectivity index (χ2n) is 8.08. The first-order valence-electron chi connectivity index (χ1n) is 11.5. The molecule has 1 N–H and O–H groups in total. The van der Waals surface area contributed by atoms with E-state index in [-0.39, 0.29) is 0 Å². The Hall–Kier alpha value is -4.61. The van der Waals surface area contributed by atoms with E-state index in [1.165, 1.54) is 0 Å². The minimum absolute atomic E-state index is 0.392. The van der Waals surface area contributed by atoms with Crippen molar-refractivity contribution in [1.82, 2.24) is 14.5 Å². The lowest BCUT2D eigenvalue weighted by molar-refractivity contribution is 0.147. The molecule has 0 atom stereocenters. The second kappa shape index (κ2) is 10.3. The van der Waals surface area contributed by atoms with Gasteiger partial charge in [0.25, 0.3) is 0 Å². The van der Waals surface area contributed by atoms with Crippen LogP contribution in [0.15, 0.2) is 72.8 Å². The average Bonchev–Trinajstić information content (AvgIpc) is 3.31. The molecule has 0 radical (unpaired) electrons. The highest BCUT2D eigenvalue weighted by Gasteiger charge is 2.19. The van der Waals surface area contributed by atoms with Crippen LogP contribution in [0.5, 0.6) is 11.6 Å². The molecule has 0 aliphatic rings. The topological polar surface area (TPSA) is 94.2 Å². The number of ether oxygens (including phenoxy) is 3. The van der Waals surface area contributed by atoms with Crippen molar-refractivity contribution in [3.63, 3.8) is 0 Å². The van der Waals surface area contributed by atoms with Gasteiger partial charge in [0.15, 0.2) is 0 Å². The first-order chi connectivity index (χ1) is 17.7. The molecule has 180 valence electrons. The maximum Gasteiger partial charge on any atom is 0.239 e. The molecule has 2 aromatic heterocycles. The van der Waals surface area contributed by atoms with E-state index in [4.69, 9.17) is 24.2 Å². The lowest BCUT2D eigenvalue weighted by Gasteiger charge is -2.15. The molecule has 8 nitrogen and oxygen atoms in total. The molecule has 0 spiro atoms. The molecule has 0 saturated heterocycles. The number of aromatic nitrogens is 3. The van der Waals surface area contributed by atoms with E-state index >= 15 is 0 Å². The molecule has 3 aromatic carbocycles. The maximum atomic E-state index is 9.61. The van der Waals surface area contributed by atoms with Gasteiger partial charge >= 0.3 is 0 Å². The molecule has 0 aliphatic heterocycles. The Kier molecular flexibility index (Phi) is 6.65. The van der Waals surface area contributed by atoms with Crippen LogP contribution in [0.4, 0.5) is 5.82 Å². The number of nitrogens with one attached hydrogen (secondary N) is 1. The summed E-state index contributed by atoms with van der Waals surface area (Å²) in [6, 6.07) is 25.5. The summed E-state index contributed by atoms with van der Waals surface area (Å²) in [5.74, 6) is 2.22. The van der Waals surface area contributed by atoms with Gasteiger partial charge in [0.05, 0.1) is 30.9 Å². The molecule has 0 bridgehead atoms. The predicted molar refractivity (Wildman–Crippen MR) is 139 cm³/mol. The highest BCUT2D eigenvalue weighted by molar-refractivity contribution is 5.94. The molecular weight excluding hydrogens is 454 g/mol. The Morgan fingerprint density at radius 3 is 2.53 bits per heavy atom. The Balaban J connectivity index is 1.70. The van der Waals surface area contributed by atoms with Crippen LogP contribution in [0.25, 0.3) is 27.8 Å². The van der Waals surface area contributed by atoms with Crippen LogP contribution in [0.1, 0.15) is 11.1 Å². The number of anilines is 1. The van der Waals surface area contributed by atoms with Crippen LogP contribution < -0.4 is 14.8 Å². The number of benzene rings is 3. The monoisotopic (exact) mass is 479 g/mol. The van der Waals surface area contributed by atoms with Crippen molar-refractivity contribution in [3.05, 3.63) is 83.9 Å². The Bertz CT molecular complexity index is 1560. The zero-order valence-corrected chi connectivity index (χ0v) is 20.1. The molecule has 0 amide bonds. The van der Waals surface area contributed by atoms with Crippen LogP contribution in [0, 0.1) is 11.3 Å². The molecule has 5 aromatic rings. The lowest BCUT2D eigenvalue weighted by Crippen LogP contribution is -2.10. The van der Waals surface area contributed by atoms with E-state index in [9.17, 15) is 5.26 Å². The van der Waals surface area contributed by atoms with Crippen molar-refractivity contribution in [2.75, 3.05) is 32.8 Å². The van der Waals surface area contributed by atoms with E-state index in [2.05, 4.69) is 23.5 Å². The predicted octanol–water partition coefficient (Wildman–Crippen LogP) is 5.09. The third kappa shape index (κ3) is 4.40. The van der Waals surface area contributed by atoms with Gasteiger partial charge in [-0.2, -0.15) is 10.2 Å². The van der Waals surface area contributed by atoms with Crippen molar-refractivity contribution in [1.29, 1.82) is 5.26 Å². The number of hydrogen-bond acceptors (Lipinski definition) is 7. The van der Waals surface area contributed by atoms with Crippen molar-refractivity contribution >= 4 is 27.6 Å². The zero-order valence-electron chi connectivity index (χ0n) is 20.1. The smallest absolute Gasteiger partial charge is 0.239 e. The van der Waals surface area contributed by atoms with E-state index in [1.807, 2.05) is 59.2 Å². The van der Waals surface area contributed by atoms with Crippen LogP contribution in [0.2, 0.25) is 0 Å². The molecule has 0 saturated carbocycles. The Morgan fingerprint density at radius 2 is 1.75 bits per heavy atom. The molecule has 36 heavy (non-hydrogen) atoms. The van der Waals surface area contributed by atoms with Crippen molar-refractivity contribution in [2.24, 2.45) is 0 Å².